The van der Waals surface area contributed by atoms with Crippen molar-refractivity contribution in [3.05, 3.63) is 60.2 Å². The Balaban J connectivity index is 2.13. The molecule has 6 heteroatoms. The van der Waals surface area contributed by atoms with Gasteiger partial charge in [0, 0.05) is 6.04 Å². The van der Waals surface area contributed by atoms with Crippen molar-refractivity contribution in [2.45, 2.75) is 52.0 Å². The molecule has 0 aliphatic rings. The lowest BCUT2D eigenvalue weighted by Gasteiger charge is -2.24. The standard InChI is InChI=1S/C23H31NO4S/c1-16(2)22(24-23(25)28-17(3)4)15-29(26,27)18(5)19-11-13-21(14-12-19)20-9-7-6-8-10-20/h6-14,16-18,22H,15H2,1-5H3,(H,24,25)/t18?,22-/m1/s1. The molecule has 1 N–H and O–H groups in total. The van der Waals surface area contributed by atoms with E-state index in [1.165, 1.54) is 0 Å². The van der Waals surface area contributed by atoms with E-state index in [1.54, 1.807) is 20.8 Å². The Labute approximate surface area is 174 Å². The summed E-state index contributed by atoms with van der Waals surface area (Å²) >= 11 is 0. The predicted molar refractivity (Wildman–Crippen MR) is 117 cm³/mol. The number of hydrogen-bond acceptors (Lipinski definition) is 4. The first-order valence-corrected chi connectivity index (χ1v) is 11.7. The Hall–Kier alpha value is -2.34. The van der Waals surface area contributed by atoms with Crippen LogP contribution in [-0.4, -0.2) is 32.4 Å². The van der Waals surface area contributed by atoms with Crippen molar-refractivity contribution in [2.24, 2.45) is 5.92 Å². The topological polar surface area (TPSA) is 72.5 Å². The van der Waals surface area contributed by atoms with E-state index in [-0.39, 0.29) is 17.8 Å². The first-order valence-electron chi connectivity index (χ1n) is 9.94. The van der Waals surface area contributed by atoms with E-state index in [0.29, 0.717) is 0 Å². The quantitative estimate of drug-likeness (QED) is 0.657. The van der Waals surface area contributed by atoms with Crippen LogP contribution in [0.3, 0.4) is 0 Å². The summed E-state index contributed by atoms with van der Waals surface area (Å²) in [7, 11) is -3.48. The Morgan fingerprint density at radius 3 is 1.97 bits per heavy atom. The molecule has 0 radical (unpaired) electrons. The number of carbonyl (C=O) groups excluding carboxylic acids is 1. The van der Waals surface area contributed by atoms with Gasteiger partial charge >= 0.3 is 6.09 Å². The molecule has 0 spiro atoms. The van der Waals surface area contributed by atoms with Crippen molar-refractivity contribution < 1.29 is 17.9 Å². The van der Waals surface area contributed by atoms with Crippen LogP contribution in [0.2, 0.25) is 0 Å². The minimum Gasteiger partial charge on any atom is -0.447 e. The lowest BCUT2D eigenvalue weighted by Crippen LogP contribution is -2.44. The average molecular weight is 418 g/mol. The average Bonchev–Trinajstić information content (AvgIpc) is 2.67. The van der Waals surface area contributed by atoms with Gasteiger partial charge in [-0.05, 0) is 43.4 Å². The number of sulfone groups is 1. The van der Waals surface area contributed by atoms with Crippen molar-refractivity contribution >= 4 is 15.9 Å². The Kier molecular flexibility index (Phi) is 7.85. The van der Waals surface area contributed by atoms with Crippen LogP contribution in [0.15, 0.2) is 54.6 Å². The fourth-order valence-electron chi connectivity index (χ4n) is 2.98. The maximum absolute atomic E-state index is 13.0. The predicted octanol–water partition coefficient (Wildman–Crippen LogP) is 4.99. The number of ether oxygens (including phenoxy) is 1. The fourth-order valence-corrected chi connectivity index (χ4v) is 4.81. The maximum atomic E-state index is 13.0. The van der Waals surface area contributed by atoms with E-state index in [9.17, 15) is 13.2 Å². The van der Waals surface area contributed by atoms with Crippen molar-refractivity contribution in [1.29, 1.82) is 0 Å². The molecule has 0 bridgehead atoms. The van der Waals surface area contributed by atoms with Gasteiger partial charge in [-0.3, -0.25) is 0 Å². The van der Waals surface area contributed by atoms with Gasteiger partial charge in [0.15, 0.2) is 9.84 Å². The van der Waals surface area contributed by atoms with E-state index < -0.39 is 27.2 Å². The van der Waals surface area contributed by atoms with Gasteiger partial charge in [-0.25, -0.2) is 13.2 Å². The lowest BCUT2D eigenvalue weighted by atomic mass is 10.0. The molecule has 0 saturated carbocycles. The molecule has 158 valence electrons. The van der Waals surface area contributed by atoms with E-state index >= 15 is 0 Å². The number of hydrogen-bond donors (Lipinski definition) is 1. The highest BCUT2D eigenvalue weighted by Gasteiger charge is 2.29. The highest BCUT2D eigenvalue weighted by Crippen LogP contribution is 2.27. The zero-order valence-corrected chi connectivity index (χ0v) is 18.6. The summed E-state index contributed by atoms with van der Waals surface area (Å²) in [6, 6.07) is 17.0. The molecule has 0 heterocycles. The fraction of sp³-hybridized carbons (Fsp3) is 0.435. The summed E-state index contributed by atoms with van der Waals surface area (Å²) in [4.78, 5) is 11.9. The van der Waals surface area contributed by atoms with Gasteiger partial charge in [0.05, 0.1) is 17.1 Å². The Morgan fingerprint density at radius 1 is 0.897 bits per heavy atom. The van der Waals surface area contributed by atoms with Crippen LogP contribution in [0, 0.1) is 5.92 Å². The molecule has 2 rings (SSSR count). The molecule has 0 saturated heterocycles. The number of alkyl carbamates (subject to hydrolysis) is 1. The van der Waals surface area contributed by atoms with E-state index in [1.807, 2.05) is 68.4 Å². The second-order valence-corrected chi connectivity index (χ2v) is 10.3. The van der Waals surface area contributed by atoms with Crippen LogP contribution in [0.4, 0.5) is 4.79 Å². The second-order valence-electron chi connectivity index (χ2n) is 7.91. The molecule has 2 aromatic carbocycles. The summed E-state index contributed by atoms with van der Waals surface area (Å²) < 4.78 is 31.1. The molecule has 1 amide bonds. The summed E-state index contributed by atoms with van der Waals surface area (Å²) in [6.45, 7) is 8.96. The summed E-state index contributed by atoms with van der Waals surface area (Å²) in [5.74, 6) is -0.184. The smallest absolute Gasteiger partial charge is 0.407 e. The molecule has 1 unspecified atom stereocenters. The molecule has 2 atom stereocenters. The zero-order chi connectivity index (χ0) is 21.6. The Morgan fingerprint density at radius 2 is 1.45 bits per heavy atom. The molecule has 0 aliphatic heterocycles. The minimum absolute atomic E-state index is 0.0443. The minimum atomic E-state index is -3.48. The van der Waals surface area contributed by atoms with Crippen LogP contribution >= 0.6 is 0 Å². The lowest BCUT2D eigenvalue weighted by molar-refractivity contribution is 0.111. The van der Waals surface area contributed by atoms with E-state index in [2.05, 4.69) is 5.32 Å². The summed E-state index contributed by atoms with van der Waals surface area (Å²) in [5.41, 5.74) is 2.86. The first kappa shape index (κ1) is 22.9. The molecule has 29 heavy (non-hydrogen) atoms. The molecular weight excluding hydrogens is 386 g/mol. The number of amides is 1. The van der Waals surface area contributed by atoms with Gasteiger partial charge < -0.3 is 10.1 Å². The Bertz CT molecular complexity index is 890. The normalized spacial score (nSPS) is 13.9. The van der Waals surface area contributed by atoms with Gasteiger partial charge in [0.2, 0.25) is 0 Å². The SMILES string of the molecule is CC(C)OC(=O)N[C@H](CS(=O)(=O)C(C)c1ccc(-c2ccccc2)cc1)C(C)C. The van der Waals surface area contributed by atoms with Crippen molar-refractivity contribution in [2.75, 3.05) is 5.75 Å². The van der Waals surface area contributed by atoms with Crippen LogP contribution < -0.4 is 5.32 Å². The van der Waals surface area contributed by atoms with Crippen LogP contribution in [0.25, 0.3) is 11.1 Å². The van der Waals surface area contributed by atoms with Gasteiger partial charge in [-0.15, -0.1) is 0 Å². The third kappa shape index (κ3) is 6.60. The highest BCUT2D eigenvalue weighted by molar-refractivity contribution is 7.91. The van der Waals surface area contributed by atoms with Crippen molar-refractivity contribution in [1.82, 2.24) is 5.32 Å². The molecule has 2 aromatic rings. The largest absolute Gasteiger partial charge is 0.447 e. The third-order valence-electron chi connectivity index (χ3n) is 4.89. The zero-order valence-electron chi connectivity index (χ0n) is 17.8. The second kappa shape index (κ2) is 9.92. The maximum Gasteiger partial charge on any atom is 0.407 e. The monoisotopic (exact) mass is 417 g/mol. The van der Waals surface area contributed by atoms with E-state index in [4.69, 9.17) is 4.74 Å². The molecule has 0 aliphatic carbocycles. The first-order chi connectivity index (χ1) is 13.6. The third-order valence-corrected chi connectivity index (χ3v) is 7.06. The number of nitrogens with one attached hydrogen (secondary N) is 1. The summed E-state index contributed by atoms with van der Waals surface area (Å²) in [5, 5.41) is 2.03. The number of rotatable bonds is 8. The highest BCUT2D eigenvalue weighted by atomic mass is 32.2. The van der Waals surface area contributed by atoms with Gasteiger partial charge in [0.1, 0.15) is 0 Å². The van der Waals surface area contributed by atoms with Crippen LogP contribution in [0.5, 0.6) is 0 Å². The van der Waals surface area contributed by atoms with Crippen molar-refractivity contribution in [3.63, 3.8) is 0 Å². The molecule has 0 fully saturated rings. The van der Waals surface area contributed by atoms with Crippen LogP contribution in [-0.2, 0) is 14.6 Å². The number of benzene rings is 2. The van der Waals surface area contributed by atoms with Crippen LogP contribution in [0.1, 0.15) is 45.4 Å². The van der Waals surface area contributed by atoms with Gasteiger partial charge in [-0.2, -0.15) is 0 Å². The summed E-state index contributed by atoms with van der Waals surface area (Å²) in [6.07, 6.45) is -0.852. The van der Waals surface area contributed by atoms with Crippen molar-refractivity contribution in [3.8, 4) is 11.1 Å². The van der Waals surface area contributed by atoms with Gasteiger partial charge in [0.25, 0.3) is 0 Å². The molecule has 5 nitrogen and oxygen atoms in total. The number of carbonyl (C=O) groups is 1. The van der Waals surface area contributed by atoms with Gasteiger partial charge in [-0.1, -0.05) is 68.4 Å². The van der Waals surface area contributed by atoms with E-state index in [0.717, 1.165) is 16.7 Å². The molecular formula is C23H31NO4S. The molecule has 0 aromatic heterocycles.